The Labute approximate surface area is 248 Å². The number of hydrogen-bond donors (Lipinski definition) is 0. The van der Waals surface area contributed by atoms with Gasteiger partial charge in [-0.1, -0.05) is 127 Å². The van der Waals surface area contributed by atoms with Crippen molar-refractivity contribution in [3.05, 3.63) is 152 Å². The summed E-state index contributed by atoms with van der Waals surface area (Å²) in [7, 11) is 0. The Kier molecular flexibility index (Phi) is 6.05. The zero-order valence-corrected chi connectivity index (χ0v) is 23.2. The molecule has 0 aliphatic carbocycles. The van der Waals surface area contributed by atoms with Gasteiger partial charge >= 0.3 is 0 Å². The summed E-state index contributed by atoms with van der Waals surface area (Å²) in [6.07, 6.45) is 1.89. The highest BCUT2D eigenvalue weighted by Crippen LogP contribution is 2.38. The maximum atomic E-state index is 5.10. The van der Waals surface area contributed by atoms with Crippen molar-refractivity contribution >= 4 is 21.8 Å². The molecule has 0 aliphatic rings. The number of hydrogen-bond acceptors (Lipinski definition) is 4. The molecule has 0 saturated carbocycles. The third-order valence-electron chi connectivity index (χ3n) is 7.72. The van der Waals surface area contributed by atoms with Crippen LogP contribution in [-0.4, -0.2) is 24.5 Å². The lowest BCUT2D eigenvalue weighted by Gasteiger charge is -2.12. The molecular formula is C38H25N5. The molecule has 0 bridgehead atoms. The predicted molar refractivity (Wildman–Crippen MR) is 174 cm³/mol. The first-order chi connectivity index (χ1) is 21.3. The van der Waals surface area contributed by atoms with E-state index in [2.05, 4.69) is 65.2 Å². The van der Waals surface area contributed by atoms with Crippen molar-refractivity contribution in [2.24, 2.45) is 0 Å². The van der Waals surface area contributed by atoms with E-state index in [0.29, 0.717) is 17.6 Å². The van der Waals surface area contributed by atoms with E-state index in [1.807, 2.05) is 91.1 Å². The zero-order valence-electron chi connectivity index (χ0n) is 23.2. The van der Waals surface area contributed by atoms with Crippen LogP contribution in [0.25, 0.3) is 72.9 Å². The molecule has 0 saturated heterocycles. The Bertz CT molecular complexity index is 2150. The average Bonchev–Trinajstić information content (AvgIpc) is 3.43. The second-order valence-electron chi connectivity index (χ2n) is 10.4. The zero-order chi connectivity index (χ0) is 28.6. The largest absolute Gasteiger partial charge is 0.276 e. The minimum Gasteiger partial charge on any atom is -0.276 e. The van der Waals surface area contributed by atoms with Gasteiger partial charge in [-0.3, -0.25) is 9.55 Å². The molecule has 202 valence electrons. The molecule has 5 heteroatoms. The van der Waals surface area contributed by atoms with Crippen LogP contribution in [0.1, 0.15) is 0 Å². The van der Waals surface area contributed by atoms with Gasteiger partial charge < -0.3 is 0 Å². The molecule has 5 aromatic carbocycles. The van der Waals surface area contributed by atoms with E-state index in [9.17, 15) is 0 Å². The number of nitrogens with zero attached hydrogens (tertiary/aromatic N) is 5. The summed E-state index contributed by atoms with van der Waals surface area (Å²) in [5.41, 5.74) is 8.03. The van der Waals surface area contributed by atoms with Crippen LogP contribution < -0.4 is 0 Å². The van der Waals surface area contributed by atoms with Gasteiger partial charge in [0.25, 0.3) is 0 Å². The van der Waals surface area contributed by atoms with Crippen molar-refractivity contribution in [2.45, 2.75) is 0 Å². The van der Waals surface area contributed by atoms with Crippen LogP contribution in [0.2, 0.25) is 0 Å². The average molecular weight is 552 g/mol. The van der Waals surface area contributed by atoms with Gasteiger partial charge in [0.05, 0.1) is 16.7 Å². The van der Waals surface area contributed by atoms with E-state index in [1.54, 1.807) is 0 Å². The number of pyridine rings is 1. The van der Waals surface area contributed by atoms with Crippen LogP contribution in [0.3, 0.4) is 0 Å². The predicted octanol–water partition coefficient (Wildman–Crippen LogP) is 9.03. The first kappa shape index (κ1) is 24.8. The molecule has 0 amide bonds. The van der Waals surface area contributed by atoms with E-state index in [-0.39, 0.29) is 0 Å². The highest BCUT2D eigenvalue weighted by atomic mass is 15.2. The Morgan fingerprint density at radius 3 is 1.53 bits per heavy atom. The summed E-state index contributed by atoms with van der Waals surface area (Å²) in [5, 5.41) is 2.20. The number of aromatic nitrogens is 5. The third kappa shape index (κ3) is 4.44. The lowest BCUT2D eigenvalue weighted by molar-refractivity contribution is 0.952. The summed E-state index contributed by atoms with van der Waals surface area (Å²) < 4.78 is 2.15. The third-order valence-corrected chi connectivity index (χ3v) is 7.72. The fourth-order valence-corrected chi connectivity index (χ4v) is 5.69. The maximum absolute atomic E-state index is 5.10. The van der Waals surface area contributed by atoms with Gasteiger partial charge in [-0.05, 0) is 29.3 Å². The smallest absolute Gasteiger partial charge is 0.238 e. The fraction of sp³-hybridized carbons (Fsp3) is 0. The summed E-state index contributed by atoms with van der Waals surface area (Å²) in [6, 6.07) is 49.6. The van der Waals surface area contributed by atoms with Gasteiger partial charge in [-0.2, -0.15) is 9.97 Å². The fourth-order valence-electron chi connectivity index (χ4n) is 5.69. The minimum absolute atomic E-state index is 0.547. The van der Waals surface area contributed by atoms with Crippen LogP contribution in [0.4, 0.5) is 0 Å². The Morgan fingerprint density at radius 2 is 0.953 bits per heavy atom. The summed E-state index contributed by atoms with van der Waals surface area (Å²) >= 11 is 0. The molecule has 8 rings (SSSR count). The molecule has 0 radical (unpaired) electrons. The van der Waals surface area contributed by atoms with Gasteiger partial charge in [-0.25, -0.2) is 4.98 Å². The second kappa shape index (κ2) is 10.5. The summed E-state index contributed by atoms with van der Waals surface area (Å²) in [4.78, 5) is 20.0. The van der Waals surface area contributed by atoms with Gasteiger partial charge in [-0.15, -0.1) is 0 Å². The van der Waals surface area contributed by atoms with Crippen LogP contribution in [0.5, 0.6) is 0 Å². The monoisotopic (exact) mass is 551 g/mol. The van der Waals surface area contributed by atoms with Gasteiger partial charge in [0.2, 0.25) is 5.95 Å². The first-order valence-corrected chi connectivity index (χ1v) is 14.2. The van der Waals surface area contributed by atoms with Crippen LogP contribution in [-0.2, 0) is 0 Å². The lowest BCUT2D eigenvalue weighted by atomic mass is 10.0. The van der Waals surface area contributed by atoms with Gasteiger partial charge in [0.1, 0.15) is 0 Å². The van der Waals surface area contributed by atoms with E-state index in [0.717, 1.165) is 49.8 Å². The van der Waals surface area contributed by atoms with Crippen molar-refractivity contribution in [3.8, 4) is 51.1 Å². The van der Waals surface area contributed by atoms with Crippen molar-refractivity contribution in [1.29, 1.82) is 0 Å². The molecule has 43 heavy (non-hydrogen) atoms. The van der Waals surface area contributed by atoms with Crippen molar-refractivity contribution < 1.29 is 0 Å². The second-order valence-corrected chi connectivity index (χ2v) is 10.4. The molecule has 8 aromatic rings. The van der Waals surface area contributed by atoms with Crippen molar-refractivity contribution in [3.63, 3.8) is 0 Å². The Hall–Kier alpha value is -5.94. The highest BCUT2D eigenvalue weighted by molar-refractivity contribution is 6.13. The van der Waals surface area contributed by atoms with E-state index in [1.165, 1.54) is 5.56 Å². The number of benzene rings is 5. The van der Waals surface area contributed by atoms with Crippen molar-refractivity contribution in [2.75, 3.05) is 0 Å². The molecule has 0 unspecified atom stereocenters. The quantitative estimate of drug-likeness (QED) is 0.214. The van der Waals surface area contributed by atoms with Crippen molar-refractivity contribution in [1.82, 2.24) is 24.5 Å². The summed E-state index contributed by atoms with van der Waals surface area (Å²) in [5.74, 6) is 1.78. The Morgan fingerprint density at radius 1 is 0.419 bits per heavy atom. The first-order valence-electron chi connectivity index (χ1n) is 14.2. The van der Waals surface area contributed by atoms with Crippen LogP contribution in [0, 0.1) is 0 Å². The van der Waals surface area contributed by atoms with Gasteiger partial charge in [0, 0.05) is 33.7 Å². The van der Waals surface area contributed by atoms with E-state index >= 15 is 0 Å². The molecule has 0 N–H and O–H groups in total. The van der Waals surface area contributed by atoms with E-state index < -0.39 is 0 Å². The van der Waals surface area contributed by atoms with Gasteiger partial charge in [0.15, 0.2) is 11.6 Å². The standard InChI is InChI=1S/C38H25N5/c1-5-13-26(14-6-1)30-21-22-33-32(25-30)31-23-24-39-34(27-15-7-2-8-16-27)35(31)43(33)38-41-36(28-17-9-3-10-18-28)40-37(42-38)29-19-11-4-12-20-29/h1-25H. The normalized spacial score (nSPS) is 11.3. The summed E-state index contributed by atoms with van der Waals surface area (Å²) in [6.45, 7) is 0. The van der Waals surface area contributed by atoms with Crippen LogP contribution >= 0.6 is 0 Å². The van der Waals surface area contributed by atoms with E-state index in [4.69, 9.17) is 19.9 Å². The molecular weight excluding hydrogens is 526 g/mol. The molecule has 5 nitrogen and oxygen atoms in total. The molecule has 3 heterocycles. The SMILES string of the molecule is c1ccc(-c2ccc3c(c2)c2ccnc(-c4ccccc4)c2n3-c2nc(-c3ccccc3)nc(-c3ccccc3)n2)cc1. The molecule has 3 aromatic heterocycles. The maximum Gasteiger partial charge on any atom is 0.238 e. The molecule has 0 fully saturated rings. The number of rotatable bonds is 5. The van der Waals surface area contributed by atoms with Crippen LogP contribution in [0.15, 0.2) is 152 Å². The topological polar surface area (TPSA) is 56.5 Å². The molecule has 0 spiro atoms. The molecule has 0 aliphatic heterocycles. The Balaban J connectivity index is 1.48. The molecule has 0 atom stereocenters. The lowest BCUT2D eigenvalue weighted by Crippen LogP contribution is -2.07. The minimum atomic E-state index is 0.547. The highest BCUT2D eigenvalue weighted by Gasteiger charge is 2.21. The number of fused-ring (bicyclic) bond motifs is 3.